The van der Waals surface area contributed by atoms with Crippen LogP contribution in [0, 0.1) is 11.8 Å². The Bertz CT molecular complexity index is 973. The number of esters is 1. The van der Waals surface area contributed by atoms with E-state index in [4.69, 9.17) is 4.74 Å². The second-order valence-electron chi connectivity index (χ2n) is 9.14. The highest BCUT2D eigenvalue weighted by Crippen LogP contribution is 2.43. The first-order chi connectivity index (χ1) is 13.9. The number of ether oxygens (including phenoxy) is 1. The largest absolute Gasteiger partial charge is 0.461 e. The van der Waals surface area contributed by atoms with E-state index in [0.29, 0.717) is 11.8 Å². The minimum Gasteiger partial charge on any atom is -0.461 e. The number of nitrogens with zero attached hydrogens (tertiary/aromatic N) is 1. The van der Waals surface area contributed by atoms with Crippen molar-refractivity contribution in [2.45, 2.75) is 58.1 Å². The molecule has 0 amide bonds. The SMILES string of the molecule is C[C@@H]1CC[C@@H](C(C)(C)c2ccccc2)[C@H](OC(=O)Cn2ccc3ccccc32)C1. The molecule has 1 fully saturated rings. The molecule has 1 saturated carbocycles. The molecule has 152 valence electrons. The molecule has 3 nitrogen and oxygen atoms in total. The monoisotopic (exact) mass is 389 g/mol. The minimum absolute atomic E-state index is 0.0352. The van der Waals surface area contributed by atoms with Crippen molar-refractivity contribution in [2.24, 2.45) is 11.8 Å². The van der Waals surface area contributed by atoms with E-state index in [-0.39, 0.29) is 24.0 Å². The molecule has 3 heteroatoms. The Hall–Kier alpha value is -2.55. The lowest BCUT2D eigenvalue weighted by molar-refractivity contribution is -0.157. The summed E-state index contributed by atoms with van der Waals surface area (Å²) in [6.45, 7) is 7.12. The van der Waals surface area contributed by atoms with E-state index in [1.165, 1.54) is 12.0 Å². The number of hydrogen-bond donors (Lipinski definition) is 0. The molecule has 1 heterocycles. The molecular formula is C26H31NO2. The fraction of sp³-hybridized carbons (Fsp3) is 0.423. The van der Waals surface area contributed by atoms with Crippen LogP contribution in [-0.4, -0.2) is 16.6 Å². The second-order valence-corrected chi connectivity index (χ2v) is 9.14. The van der Waals surface area contributed by atoms with Gasteiger partial charge in [-0.2, -0.15) is 0 Å². The third-order valence-corrected chi connectivity index (χ3v) is 6.76. The van der Waals surface area contributed by atoms with Gasteiger partial charge in [-0.1, -0.05) is 75.7 Å². The topological polar surface area (TPSA) is 31.2 Å². The lowest BCUT2D eigenvalue weighted by Crippen LogP contribution is -2.43. The predicted molar refractivity (Wildman–Crippen MR) is 118 cm³/mol. The van der Waals surface area contributed by atoms with E-state index < -0.39 is 0 Å². The molecule has 1 aromatic heterocycles. The molecule has 1 aliphatic rings. The van der Waals surface area contributed by atoms with E-state index in [9.17, 15) is 4.79 Å². The molecule has 3 aromatic rings. The number of rotatable bonds is 5. The molecule has 1 aliphatic carbocycles. The van der Waals surface area contributed by atoms with Crippen LogP contribution >= 0.6 is 0 Å². The fourth-order valence-electron chi connectivity index (χ4n) is 4.99. The second kappa shape index (κ2) is 8.06. The summed E-state index contributed by atoms with van der Waals surface area (Å²) in [5.74, 6) is 0.772. The summed E-state index contributed by atoms with van der Waals surface area (Å²) < 4.78 is 8.13. The zero-order chi connectivity index (χ0) is 20.4. The molecule has 0 aliphatic heterocycles. The Labute approximate surface area is 173 Å². The van der Waals surface area contributed by atoms with Crippen LogP contribution in [0.5, 0.6) is 0 Å². The maximum Gasteiger partial charge on any atom is 0.326 e. The van der Waals surface area contributed by atoms with Gasteiger partial charge in [-0.25, -0.2) is 0 Å². The van der Waals surface area contributed by atoms with Crippen molar-refractivity contribution in [3.63, 3.8) is 0 Å². The van der Waals surface area contributed by atoms with Crippen molar-refractivity contribution in [3.05, 3.63) is 72.4 Å². The van der Waals surface area contributed by atoms with Crippen LogP contribution < -0.4 is 0 Å². The van der Waals surface area contributed by atoms with Crippen LogP contribution in [0.25, 0.3) is 10.9 Å². The van der Waals surface area contributed by atoms with Crippen LogP contribution in [0.3, 0.4) is 0 Å². The van der Waals surface area contributed by atoms with Crippen LogP contribution in [0.2, 0.25) is 0 Å². The van der Waals surface area contributed by atoms with Gasteiger partial charge in [0.25, 0.3) is 0 Å². The van der Waals surface area contributed by atoms with Crippen LogP contribution in [0.4, 0.5) is 0 Å². The van der Waals surface area contributed by atoms with Crippen LogP contribution in [0.1, 0.15) is 45.6 Å². The van der Waals surface area contributed by atoms with Gasteiger partial charge in [-0.05, 0) is 47.3 Å². The number of hydrogen-bond acceptors (Lipinski definition) is 2. The quantitative estimate of drug-likeness (QED) is 0.504. The van der Waals surface area contributed by atoms with Crippen LogP contribution in [-0.2, 0) is 21.5 Å². The molecule has 29 heavy (non-hydrogen) atoms. The van der Waals surface area contributed by atoms with Crippen molar-refractivity contribution >= 4 is 16.9 Å². The standard InChI is InChI=1S/C26H31NO2/c1-19-13-14-22(26(2,3)21-10-5-4-6-11-21)24(17-19)29-25(28)18-27-16-15-20-9-7-8-12-23(20)27/h4-12,15-16,19,22,24H,13-14,17-18H2,1-3H3/t19-,22-,24-/m1/s1. The van der Waals surface area contributed by atoms with Crippen molar-refractivity contribution in [3.8, 4) is 0 Å². The maximum atomic E-state index is 12.9. The van der Waals surface area contributed by atoms with E-state index in [0.717, 1.165) is 23.7 Å². The molecule has 0 radical (unpaired) electrons. The summed E-state index contributed by atoms with van der Waals surface area (Å²) in [4.78, 5) is 12.9. The summed E-state index contributed by atoms with van der Waals surface area (Å²) >= 11 is 0. The number of fused-ring (bicyclic) bond motifs is 1. The Kier molecular flexibility index (Phi) is 5.49. The van der Waals surface area contributed by atoms with E-state index in [1.54, 1.807) is 0 Å². The Morgan fingerprint density at radius 1 is 1.03 bits per heavy atom. The molecule has 0 bridgehead atoms. The van der Waals surface area contributed by atoms with Crippen molar-refractivity contribution in [1.29, 1.82) is 0 Å². The third-order valence-electron chi connectivity index (χ3n) is 6.76. The first kappa shape index (κ1) is 19.8. The lowest BCUT2D eigenvalue weighted by atomic mass is 9.64. The van der Waals surface area contributed by atoms with Gasteiger partial charge in [0.2, 0.25) is 0 Å². The molecule has 0 unspecified atom stereocenters. The van der Waals surface area contributed by atoms with Gasteiger partial charge in [0.15, 0.2) is 0 Å². The summed E-state index contributed by atoms with van der Waals surface area (Å²) in [6, 6.07) is 20.8. The molecule has 0 saturated heterocycles. The lowest BCUT2D eigenvalue weighted by Gasteiger charge is -2.44. The highest BCUT2D eigenvalue weighted by Gasteiger charge is 2.41. The van der Waals surface area contributed by atoms with E-state index in [1.807, 2.05) is 35.0 Å². The average Bonchev–Trinajstić information content (AvgIpc) is 3.11. The van der Waals surface area contributed by atoms with Gasteiger partial charge in [-0.15, -0.1) is 0 Å². The first-order valence-electron chi connectivity index (χ1n) is 10.7. The van der Waals surface area contributed by atoms with Gasteiger partial charge >= 0.3 is 5.97 Å². The average molecular weight is 390 g/mol. The fourth-order valence-corrected chi connectivity index (χ4v) is 4.99. The minimum atomic E-state index is -0.140. The van der Waals surface area contributed by atoms with Crippen LogP contribution in [0.15, 0.2) is 66.9 Å². The Morgan fingerprint density at radius 2 is 1.76 bits per heavy atom. The molecule has 3 atom stereocenters. The smallest absolute Gasteiger partial charge is 0.326 e. The predicted octanol–water partition coefficient (Wildman–Crippen LogP) is 5.97. The van der Waals surface area contributed by atoms with Gasteiger partial charge in [-0.3, -0.25) is 4.79 Å². The molecule has 0 N–H and O–H groups in total. The van der Waals surface area contributed by atoms with Gasteiger partial charge < -0.3 is 9.30 Å². The van der Waals surface area contributed by atoms with E-state index >= 15 is 0 Å². The summed E-state index contributed by atoms with van der Waals surface area (Å²) in [7, 11) is 0. The molecule has 0 spiro atoms. The molecule has 2 aromatic carbocycles. The zero-order valence-corrected chi connectivity index (χ0v) is 17.7. The van der Waals surface area contributed by atoms with E-state index in [2.05, 4.69) is 57.2 Å². The summed E-state index contributed by atoms with van der Waals surface area (Å²) in [5.41, 5.74) is 2.35. The van der Waals surface area contributed by atoms with Gasteiger partial charge in [0.1, 0.15) is 12.6 Å². The Morgan fingerprint density at radius 3 is 2.55 bits per heavy atom. The first-order valence-corrected chi connectivity index (χ1v) is 10.7. The number of para-hydroxylation sites is 1. The molecular weight excluding hydrogens is 358 g/mol. The highest BCUT2D eigenvalue weighted by molar-refractivity contribution is 5.81. The highest BCUT2D eigenvalue weighted by atomic mass is 16.5. The van der Waals surface area contributed by atoms with Crippen molar-refractivity contribution in [2.75, 3.05) is 0 Å². The normalized spacial score (nSPS) is 22.5. The zero-order valence-electron chi connectivity index (χ0n) is 17.7. The summed E-state index contributed by atoms with van der Waals surface area (Å²) in [5, 5.41) is 1.15. The number of aromatic nitrogens is 1. The number of benzene rings is 2. The van der Waals surface area contributed by atoms with Crippen molar-refractivity contribution < 1.29 is 9.53 Å². The van der Waals surface area contributed by atoms with Crippen molar-refractivity contribution in [1.82, 2.24) is 4.57 Å². The maximum absolute atomic E-state index is 12.9. The molecule has 4 rings (SSSR count). The number of carbonyl (C=O) groups is 1. The van der Waals surface area contributed by atoms with Gasteiger partial charge in [0.05, 0.1) is 0 Å². The number of carbonyl (C=O) groups excluding carboxylic acids is 1. The third kappa shape index (κ3) is 4.10. The summed E-state index contributed by atoms with van der Waals surface area (Å²) in [6.07, 6.45) is 5.16. The Balaban J connectivity index is 1.52. The van der Waals surface area contributed by atoms with Gasteiger partial charge in [0, 0.05) is 17.6 Å².